The Labute approximate surface area is 162 Å². The van der Waals surface area contributed by atoms with Crippen molar-refractivity contribution in [1.82, 2.24) is 4.90 Å². The summed E-state index contributed by atoms with van der Waals surface area (Å²) in [6.45, 7) is 3.66. The molecule has 0 bridgehead atoms. The third kappa shape index (κ3) is 4.93. The topological polar surface area (TPSA) is 67.9 Å². The Balaban J connectivity index is 1.57. The van der Waals surface area contributed by atoms with Crippen LogP contribution in [0.2, 0.25) is 5.02 Å². The normalized spacial score (nSPS) is 15.2. The minimum absolute atomic E-state index is 0.0943. The van der Waals surface area contributed by atoms with Crippen LogP contribution in [0.15, 0.2) is 54.6 Å². The van der Waals surface area contributed by atoms with Crippen molar-refractivity contribution >= 4 is 29.3 Å². The van der Waals surface area contributed by atoms with Crippen LogP contribution in [-0.2, 0) is 0 Å². The Morgan fingerprint density at radius 2 is 1.89 bits per heavy atom. The molecule has 0 atom stereocenters. The lowest BCUT2D eigenvalue weighted by Gasteiger charge is -2.31. The molecule has 1 N–H and O–H groups in total. The molecule has 7 heteroatoms. The second-order valence-corrected chi connectivity index (χ2v) is 6.91. The van der Waals surface area contributed by atoms with Gasteiger partial charge in [0.15, 0.2) is 0 Å². The van der Waals surface area contributed by atoms with E-state index in [2.05, 4.69) is 24.3 Å². The van der Waals surface area contributed by atoms with Gasteiger partial charge in [-0.25, -0.2) is 0 Å². The summed E-state index contributed by atoms with van der Waals surface area (Å²) < 4.78 is 0. The van der Waals surface area contributed by atoms with Crippen LogP contribution in [0.3, 0.4) is 0 Å². The monoisotopic (exact) mass is 386 g/mol. The van der Waals surface area contributed by atoms with Gasteiger partial charge in [0.1, 0.15) is 5.56 Å². The van der Waals surface area contributed by atoms with E-state index in [0.717, 1.165) is 19.6 Å². The third-order valence-electron chi connectivity index (χ3n) is 4.66. The summed E-state index contributed by atoms with van der Waals surface area (Å²) in [6, 6.07) is 14.3. The molecule has 0 aliphatic carbocycles. The molecule has 3 rings (SSSR count). The number of piperazine rings is 1. The van der Waals surface area contributed by atoms with Crippen LogP contribution < -0.4 is 4.90 Å². The van der Waals surface area contributed by atoms with Gasteiger partial charge in [-0.15, -0.1) is 0 Å². The van der Waals surface area contributed by atoms with E-state index in [9.17, 15) is 14.9 Å². The molecule has 0 unspecified atom stereocenters. The van der Waals surface area contributed by atoms with Crippen molar-refractivity contribution in [1.29, 1.82) is 0 Å². The SMILES string of the molecule is O=C(c1ccc(Cl)cc1[N+](=O)[O-])N1CC[NH+](CC=Cc2ccccc2)CC1. The third-order valence-corrected chi connectivity index (χ3v) is 4.90. The number of hydrogen-bond donors (Lipinski definition) is 1. The molecule has 6 nitrogen and oxygen atoms in total. The van der Waals surface area contributed by atoms with E-state index in [4.69, 9.17) is 11.6 Å². The van der Waals surface area contributed by atoms with Gasteiger partial charge in [0.05, 0.1) is 37.6 Å². The molecule has 0 radical (unpaired) electrons. The molecule has 0 saturated carbocycles. The predicted octanol–water partition coefficient (Wildman–Crippen LogP) is 2.30. The molecule has 0 aromatic heterocycles. The van der Waals surface area contributed by atoms with Crippen LogP contribution in [0.4, 0.5) is 5.69 Å². The standard InChI is InChI=1S/C20H20ClN3O3/c21-17-8-9-18(19(15-17)24(26)27)20(25)23-13-11-22(12-14-23)10-4-7-16-5-2-1-3-6-16/h1-9,15H,10-14H2/p+1. The van der Waals surface area contributed by atoms with E-state index >= 15 is 0 Å². The quantitative estimate of drug-likeness (QED) is 0.633. The maximum absolute atomic E-state index is 12.7. The zero-order chi connectivity index (χ0) is 19.2. The number of carbonyl (C=O) groups excluding carboxylic acids is 1. The smallest absolute Gasteiger partial charge is 0.283 e. The van der Waals surface area contributed by atoms with Crippen molar-refractivity contribution in [3.8, 4) is 0 Å². The molecule has 2 aromatic rings. The van der Waals surface area contributed by atoms with E-state index in [-0.39, 0.29) is 22.2 Å². The maximum atomic E-state index is 12.7. The predicted molar refractivity (Wildman–Crippen MR) is 105 cm³/mol. The van der Waals surface area contributed by atoms with E-state index < -0.39 is 4.92 Å². The van der Waals surface area contributed by atoms with Crippen LogP contribution in [0, 0.1) is 10.1 Å². The summed E-state index contributed by atoms with van der Waals surface area (Å²) in [5, 5.41) is 11.5. The number of quaternary nitrogens is 1. The lowest BCUT2D eigenvalue weighted by molar-refractivity contribution is -0.898. The summed E-state index contributed by atoms with van der Waals surface area (Å²) in [7, 11) is 0. The maximum Gasteiger partial charge on any atom is 0.283 e. The van der Waals surface area contributed by atoms with E-state index in [0.29, 0.717) is 13.1 Å². The number of nitro benzene ring substituents is 1. The van der Waals surface area contributed by atoms with Crippen molar-refractivity contribution in [3.63, 3.8) is 0 Å². The first kappa shape index (κ1) is 19.1. The largest absolute Gasteiger partial charge is 0.329 e. The van der Waals surface area contributed by atoms with Gasteiger partial charge < -0.3 is 9.80 Å². The first-order valence-corrected chi connectivity index (χ1v) is 9.21. The highest BCUT2D eigenvalue weighted by Gasteiger charge is 2.28. The molecule has 1 aliphatic heterocycles. The number of nitrogens with zero attached hydrogens (tertiary/aromatic N) is 2. The molecule has 1 saturated heterocycles. The number of benzene rings is 2. The van der Waals surface area contributed by atoms with E-state index in [1.807, 2.05) is 18.2 Å². The van der Waals surface area contributed by atoms with Crippen LogP contribution in [0.1, 0.15) is 15.9 Å². The highest BCUT2D eigenvalue weighted by Crippen LogP contribution is 2.24. The van der Waals surface area contributed by atoms with Gasteiger partial charge in [-0.05, 0) is 23.8 Å². The lowest BCUT2D eigenvalue weighted by atomic mass is 10.1. The van der Waals surface area contributed by atoms with Crippen molar-refractivity contribution in [2.24, 2.45) is 0 Å². The number of carbonyl (C=O) groups is 1. The van der Waals surface area contributed by atoms with Gasteiger partial charge in [-0.3, -0.25) is 14.9 Å². The average Bonchev–Trinajstić information content (AvgIpc) is 2.69. The molecule has 2 aromatic carbocycles. The number of hydrogen-bond acceptors (Lipinski definition) is 3. The Kier molecular flexibility index (Phi) is 6.21. The minimum atomic E-state index is -0.561. The highest BCUT2D eigenvalue weighted by atomic mass is 35.5. The van der Waals surface area contributed by atoms with Crippen LogP contribution >= 0.6 is 11.6 Å². The second-order valence-electron chi connectivity index (χ2n) is 6.48. The van der Waals surface area contributed by atoms with Crippen LogP contribution in [-0.4, -0.2) is 48.5 Å². The number of halogens is 1. The highest BCUT2D eigenvalue weighted by molar-refractivity contribution is 6.31. The first-order chi connectivity index (χ1) is 13.0. The fraction of sp³-hybridized carbons (Fsp3) is 0.250. The zero-order valence-electron chi connectivity index (χ0n) is 14.8. The van der Waals surface area contributed by atoms with Gasteiger partial charge in [0.2, 0.25) is 0 Å². The molecule has 1 aliphatic rings. The molecule has 0 spiro atoms. The molecule has 27 heavy (non-hydrogen) atoms. The number of rotatable bonds is 5. The first-order valence-electron chi connectivity index (χ1n) is 8.83. The van der Waals surface area contributed by atoms with Gasteiger partial charge in [0.25, 0.3) is 11.6 Å². The summed E-state index contributed by atoms with van der Waals surface area (Å²) in [6.07, 6.45) is 4.24. The Hall–Kier alpha value is -2.70. The second kappa shape index (κ2) is 8.79. The lowest BCUT2D eigenvalue weighted by Crippen LogP contribution is -3.14. The average molecular weight is 387 g/mol. The van der Waals surface area contributed by atoms with Gasteiger partial charge in [-0.2, -0.15) is 0 Å². The molecule has 1 fully saturated rings. The van der Waals surface area contributed by atoms with Gasteiger partial charge >= 0.3 is 0 Å². The van der Waals surface area contributed by atoms with E-state index in [1.54, 1.807) is 4.90 Å². The molecular formula is C20H21ClN3O3+. The summed E-state index contributed by atoms with van der Waals surface area (Å²) in [5.41, 5.74) is 1.02. The summed E-state index contributed by atoms with van der Waals surface area (Å²) in [5.74, 6) is -0.308. The van der Waals surface area contributed by atoms with E-state index in [1.165, 1.54) is 28.7 Å². The zero-order valence-corrected chi connectivity index (χ0v) is 15.6. The fourth-order valence-corrected chi connectivity index (χ4v) is 3.33. The van der Waals surface area contributed by atoms with Crippen LogP contribution in [0.5, 0.6) is 0 Å². The van der Waals surface area contributed by atoms with Crippen molar-refractivity contribution in [3.05, 3.63) is 80.9 Å². The van der Waals surface area contributed by atoms with Crippen molar-refractivity contribution in [2.45, 2.75) is 0 Å². The Morgan fingerprint density at radius 3 is 2.56 bits per heavy atom. The molecule has 1 heterocycles. The van der Waals surface area contributed by atoms with Crippen molar-refractivity contribution < 1.29 is 14.6 Å². The molecular weight excluding hydrogens is 366 g/mol. The summed E-state index contributed by atoms with van der Waals surface area (Å²) >= 11 is 5.82. The summed E-state index contributed by atoms with van der Waals surface area (Å²) in [4.78, 5) is 26.4. The molecule has 140 valence electrons. The Bertz CT molecular complexity index is 847. The number of nitro groups is 1. The Morgan fingerprint density at radius 1 is 1.19 bits per heavy atom. The minimum Gasteiger partial charge on any atom is -0.329 e. The van der Waals surface area contributed by atoms with Gasteiger partial charge in [0, 0.05) is 11.1 Å². The molecule has 1 amide bonds. The fourth-order valence-electron chi connectivity index (χ4n) is 3.16. The number of amides is 1. The van der Waals surface area contributed by atoms with Gasteiger partial charge in [-0.1, -0.05) is 48.0 Å². The number of nitrogens with one attached hydrogen (secondary N) is 1. The van der Waals surface area contributed by atoms with Crippen molar-refractivity contribution in [2.75, 3.05) is 32.7 Å². The van der Waals surface area contributed by atoms with Crippen LogP contribution in [0.25, 0.3) is 6.08 Å².